The number of hydrogen-bond acceptors (Lipinski definition) is 8. The Morgan fingerprint density at radius 2 is 1.61 bits per heavy atom. The lowest BCUT2D eigenvalue weighted by Gasteiger charge is -2.45. The van der Waals surface area contributed by atoms with Crippen LogP contribution >= 0.6 is 0 Å². The predicted molar refractivity (Wildman–Crippen MR) is 197 cm³/mol. The van der Waals surface area contributed by atoms with Crippen molar-refractivity contribution in [2.45, 2.75) is 91.0 Å². The summed E-state index contributed by atoms with van der Waals surface area (Å²) < 4.78 is 47.1. The van der Waals surface area contributed by atoms with E-state index in [4.69, 9.17) is 4.74 Å². The maximum Gasteiger partial charge on any atom is 0.210 e. The average Bonchev–Trinajstić information content (AvgIpc) is 3.13. The normalized spacial score (nSPS) is 18.1. The largest absolute Gasteiger partial charge is 0.494 e. The third-order valence-corrected chi connectivity index (χ3v) is 13.0. The SMILES string of the molecule is CCCCCCCOc1ccc(S(=O)(=O)c2cnc3ccc(S(C)=O)cc3c2N2CCC(N3CCC(O)(c4ccccc4)CC3)CC2)cc1. The van der Waals surface area contributed by atoms with Gasteiger partial charge >= 0.3 is 0 Å². The zero-order valence-corrected chi connectivity index (χ0v) is 30.4. The number of anilines is 1. The number of aliphatic hydroxyl groups is 1. The van der Waals surface area contributed by atoms with Gasteiger partial charge in [-0.1, -0.05) is 62.9 Å². The second-order valence-corrected chi connectivity index (χ2v) is 16.8. The van der Waals surface area contributed by atoms with Crippen LogP contribution in [-0.4, -0.2) is 72.7 Å². The van der Waals surface area contributed by atoms with Gasteiger partial charge in [0.2, 0.25) is 9.84 Å². The van der Waals surface area contributed by atoms with Gasteiger partial charge in [0.1, 0.15) is 10.6 Å². The van der Waals surface area contributed by atoms with E-state index in [0.29, 0.717) is 65.8 Å². The number of likely N-dealkylation sites (tertiary alicyclic amines) is 1. The fourth-order valence-electron chi connectivity index (χ4n) is 7.33. The van der Waals surface area contributed by atoms with Crippen LogP contribution in [0.1, 0.15) is 70.3 Å². The fourth-order valence-corrected chi connectivity index (χ4v) is 9.31. The van der Waals surface area contributed by atoms with Crippen LogP contribution in [0.3, 0.4) is 0 Å². The molecule has 1 N–H and O–H groups in total. The molecule has 4 aromatic rings. The van der Waals surface area contributed by atoms with E-state index >= 15 is 0 Å². The molecule has 10 heteroatoms. The Bertz CT molecular complexity index is 1830. The van der Waals surface area contributed by atoms with E-state index in [9.17, 15) is 17.7 Å². The minimum atomic E-state index is -3.94. The van der Waals surface area contributed by atoms with Crippen LogP contribution in [0, 0.1) is 0 Å². The maximum absolute atomic E-state index is 14.3. The minimum Gasteiger partial charge on any atom is -0.494 e. The third kappa shape index (κ3) is 8.03. The van der Waals surface area contributed by atoms with Gasteiger partial charge in [-0.3, -0.25) is 9.19 Å². The Kier molecular flexibility index (Phi) is 11.4. The number of sulfone groups is 1. The van der Waals surface area contributed by atoms with Crippen LogP contribution in [0.15, 0.2) is 93.7 Å². The van der Waals surface area contributed by atoms with Gasteiger partial charge in [-0.15, -0.1) is 0 Å². The van der Waals surface area contributed by atoms with E-state index in [2.05, 4.69) is 21.7 Å². The summed E-state index contributed by atoms with van der Waals surface area (Å²) in [5.41, 5.74) is 1.48. The lowest BCUT2D eigenvalue weighted by atomic mass is 9.83. The van der Waals surface area contributed by atoms with Crippen LogP contribution < -0.4 is 9.64 Å². The Morgan fingerprint density at radius 3 is 2.29 bits per heavy atom. The molecule has 0 saturated carbocycles. The van der Waals surface area contributed by atoms with Gasteiger partial charge in [0.05, 0.1) is 28.3 Å². The highest BCUT2D eigenvalue weighted by Crippen LogP contribution is 2.40. The summed E-state index contributed by atoms with van der Waals surface area (Å²) in [6, 6.07) is 22.5. The molecule has 1 atom stereocenters. The summed E-state index contributed by atoms with van der Waals surface area (Å²) >= 11 is 0. The molecule has 49 heavy (non-hydrogen) atoms. The molecule has 1 unspecified atom stereocenters. The van der Waals surface area contributed by atoms with E-state index < -0.39 is 26.2 Å². The molecule has 0 radical (unpaired) electrons. The van der Waals surface area contributed by atoms with Gasteiger partial charge in [-0.05, 0) is 80.1 Å². The summed E-state index contributed by atoms with van der Waals surface area (Å²) in [7, 11) is -5.18. The highest BCUT2D eigenvalue weighted by atomic mass is 32.2. The molecule has 1 aromatic heterocycles. The van der Waals surface area contributed by atoms with Crippen molar-refractivity contribution in [3.05, 3.63) is 84.6 Å². The van der Waals surface area contributed by atoms with E-state index in [-0.39, 0.29) is 9.79 Å². The predicted octanol–water partition coefficient (Wildman–Crippen LogP) is 7.11. The van der Waals surface area contributed by atoms with Crippen molar-refractivity contribution in [3.8, 4) is 5.75 Å². The number of ether oxygens (including phenoxy) is 1. The molecule has 0 aliphatic carbocycles. The van der Waals surface area contributed by atoms with Crippen molar-refractivity contribution in [1.82, 2.24) is 9.88 Å². The van der Waals surface area contributed by atoms with Gasteiger partial charge in [-0.2, -0.15) is 0 Å². The highest BCUT2D eigenvalue weighted by molar-refractivity contribution is 7.91. The Morgan fingerprint density at radius 1 is 0.918 bits per heavy atom. The quantitative estimate of drug-likeness (QED) is 0.147. The number of unbranched alkanes of at least 4 members (excludes halogenated alkanes) is 4. The van der Waals surface area contributed by atoms with Crippen LogP contribution in [0.2, 0.25) is 0 Å². The number of aromatic nitrogens is 1. The van der Waals surface area contributed by atoms with E-state index in [1.165, 1.54) is 25.5 Å². The second kappa shape index (κ2) is 15.7. The number of hydrogen-bond donors (Lipinski definition) is 1. The summed E-state index contributed by atoms with van der Waals surface area (Å²) in [6.07, 6.45) is 12.0. The number of fused-ring (bicyclic) bond motifs is 1. The van der Waals surface area contributed by atoms with E-state index in [1.807, 2.05) is 42.5 Å². The first kappa shape index (κ1) is 35.5. The molecular weight excluding hydrogens is 655 g/mol. The monoisotopic (exact) mass is 703 g/mol. The second-order valence-electron chi connectivity index (χ2n) is 13.5. The van der Waals surface area contributed by atoms with Crippen LogP contribution in [0.25, 0.3) is 10.9 Å². The average molecular weight is 704 g/mol. The van der Waals surface area contributed by atoms with Crippen molar-refractivity contribution in [3.63, 3.8) is 0 Å². The molecule has 3 heterocycles. The highest BCUT2D eigenvalue weighted by Gasteiger charge is 2.37. The molecule has 8 nitrogen and oxygen atoms in total. The van der Waals surface area contributed by atoms with Crippen LogP contribution in [-0.2, 0) is 26.2 Å². The third-order valence-electron chi connectivity index (χ3n) is 10.3. The topological polar surface area (TPSA) is 100 Å². The van der Waals surface area contributed by atoms with Crippen molar-refractivity contribution < 1.29 is 22.5 Å². The molecular formula is C39H49N3O5S2. The molecule has 3 aromatic carbocycles. The molecule has 262 valence electrons. The van der Waals surface area contributed by atoms with Crippen LogP contribution in [0.5, 0.6) is 5.75 Å². The van der Waals surface area contributed by atoms with Crippen LogP contribution in [0.4, 0.5) is 5.69 Å². The van der Waals surface area contributed by atoms with Gasteiger partial charge in [-0.25, -0.2) is 8.42 Å². The molecule has 2 aliphatic rings. The van der Waals surface area contributed by atoms with Gasteiger partial charge in [0.15, 0.2) is 0 Å². The lowest BCUT2D eigenvalue weighted by molar-refractivity contribution is -0.0379. The van der Waals surface area contributed by atoms with Crippen molar-refractivity contribution in [1.29, 1.82) is 0 Å². The zero-order valence-electron chi connectivity index (χ0n) is 28.7. The number of nitrogens with zero attached hydrogens (tertiary/aromatic N) is 3. The van der Waals surface area contributed by atoms with Gasteiger partial charge < -0.3 is 19.6 Å². The first-order chi connectivity index (χ1) is 23.7. The summed E-state index contributed by atoms with van der Waals surface area (Å²) in [6.45, 7) is 5.79. The first-order valence-corrected chi connectivity index (χ1v) is 20.7. The molecule has 0 bridgehead atoms. The lowest BCUT2D eigenvalue weighted by Crippen LogP contribution is -2.50. The molecule has 2 saturated heterocycles. The minimum absolute atomic E-state index is 0.160. The van der Waals surface area contributed by atoms with E-state index in [0.717, 1.165) is 44.3 Å². The smallest absolute Gasteiger partial charge is 0.210 e. The maximum atomic E-state index is 14.3. The summed E-state index contributed by atoms with van der Waals surface area (Å²) in [4.78, 5) is 10.2. The Labute approximate surface area is 293 Å². The molecule has 0 amide bonds. The van der Waals surface area contributed by atoms with E-state index in [1.54, 1.807) is 36.6 Å². The number of piperidine rings is 2. The summed E-state index contributed by atoms with van der Waals surface area (Å²) in [5, 5.41) is 12.1. The molecule has 6 rings (SSSR count). The zero-order chi connectivity index (χ0) is 34.4. The Balaban J connectivity index is 1.21. The van der Waals surface area contributed by atoms with Gasteiger partial charge in [0, 0.05) is 65.8 Å². The fraction of sp³-hybridized carbons (Fsp3) is 0.462. The van der Waals surface area contributed by atoms with Crippen molar-refractivity contribution in [2.75, 3.05) is 43.9 Å². The molecule has 2 aliphatic heterocycles. The Hall–Kier alpha value is -3.31. The van der Waals surface area contributed by atoms with Crippen molar-refractivity contribution >= 4 is 37.2 Å². The van der Waals surface area contributed by atoms with Gasteiger partial charge in [0.25, 0.3) is 0 Å². The molecule has 2 fully saturated rings. The molecule has 0 spiro atoms. The first-order valence-electron chi connectivity index (χ1n) is 17.7. The summed E-state index contributed by atoms with van der Waals surface area (Å²) in [5.74, 6) is 0.656. The number of rotatable bonds is 13. The van der Waals surface area contributed by atoms with Crippen molar-refractivity contribution in [2.24, 2.45) is 0 Å². The number of benzene rings is 3. The number of pyridine rings is 1. The standard InChI is InChI=1S/C39H49N3O5S2/c1-3-4-5-6-10-27-47-32-13-16-34(17-14-32)49(45,46)37-29-40-36-18-15-33(48(2)44)28-35(36)38(37)42-23-19-31(20-24-42)41-25-21-39(43,22-26-41)30-11-8-7-9-12-30/h7-9,11-18,28-29,31,43H,3-6,10,19-27H2,1-2H3.